The molecule has 252 valence electrons. The molecule has 5 rings (SSSR count). The van der Waals surface area contributed by atoms with Crippen LogP contribution in [0.5, 0.6) is 0 Å². The highest BCUT2D eigenvalue weighted by molar-refractivity contribution is 7.93. The fourth-order valence-corrected chi connectivity index (χ4v) is 8.00. The summed E-state index contributed by atoms with van der Waals surface area (Å²) in [6.07, 6.45) is -0.295. The van der Waals surface area contributed by atoms with Crippen molar-refractivity contribution >= 4 is 39.5 Å². The highest BCUT2D eigenvalue weighted by Crippen LogP contribution is 2.38. The summed E-state index contributed by atoms with van der Waals surface area (Å²) in [7, 11) is -4.67. The zero-order chi connectivity index (χ0) is 34.0. The third-order valence-electron chi connectivity index (χ3n) is 8.45. The first-order valence-electron chi connectivity index (χ1n) is 15.1. The van der Waals surface area contributed by atoms with Crippen LogP contribution < -0.4 is 21.7 Å². The number of nitrogens with two attached hydrogens (primary N) is 1. The molecule has 6 N–H and O–H groups in total. The van der Waals surface area contributed by atoms with Crippen LogP contribution in [0.1, 0.15) is 35.1 Å². The summed E-state index contributed by atoms with van der Waals surface area (Å²) >= 11 is 0. The molecule has 16 heteroatoms. The molecule has 1 saturated heterocycles. The fraction of sp³-hybridized carbons (Fsp3) is 0.452. The number of ether oxygens (including phenoxy) is 1. The van der Waals surface area contributed by atoms with Gasteiger partial charge in [-0.1, -0.05) is 53.2 Å². The van der Waals surface area contributed by atoms with Crippen molar-refractivity contribution in [2.24, 2.45) is 15.9 Å². The molecule has 0 saturated carbocycles. The van der Waals surface area contributed by atoms with E-state index >= 15 is 0 Å². The van der Waals surface area contributed by atoms with Gasteiger partial charge in [0.25, 0.3) is 5.91 Å². The molecule has 1 fully saturated rings. The second-order valence-corrected chi connectivity index (χ2v) is 14.3. The smallest absolute Gasteiger partial charge is 0.410 e. The summed E-state index contributed by atoms with van der Waals surface area (Å²) in [5.74, 6) is -2.05. The maximum Gasteiger partial charge on any atom is 0.410 e. The number of carbonyl (C=O) groups is 3. The number of likely N-dealkylation sites (tertiary alicyclic amines) is 1. The van der Waals surface area contributed by atoms with Crippen LogP contribution in [0.3, 0.4) is 0 Å². The van der Waals surface area contributed by atoms with Crippen molar-refractivity contribution in [3.05, 3.63) is 64.7 Å². The second-order valence-electron chi connectivity index (χ2n) is 12.2. The minimum Gasteiger partial charge on any atom is -0.479 e. The van der Waals surface area contributed by atoms with E-state index in [0.717, 1.165) is 11.1 Å². The lowest BCUT2D eigenvalue weighted by atomic mass is 9.94. The van der Waals surface area contributed by atoms with Crippen LogP contribution in [0.4, 0.5) is 4.79 Å². The van der Waals surface area contributed by atoms with E-state index in [1.165, 1.54) is 4.90 Å². The largest absolute Gasteiger partial charge is 0.479 e. The van der Waals surface area contributed by atoms with Crippen LogP contribution in [-0.2, 0) is 35.6 Å². The molecule has 0 aromatic heterocycles. The summed E-state index contributed by atoms with van der Waals surface area (Å²) in [5.41, 5.74) is 7.21. The van der Waals surface area contributed by atoms with Crippen LogP contribution in [-0.4, -0.2) is 97.3 Å². The number of carbonyl (C=O) groups excluding carboxylic acids is 2. The van der Waals surface area contributed by atoms with Gasteiger partial charge in [0.2, 0.25) is 14.7 Å². The molecule has 2 aromatic carbocycles. The van der Waals surface area contributed by atoms with Gasteiger partial charge in [0.05, 0.1) is 30.6 Å². The number of amides is 2. The maximum atomic E-state index is 13.6. The number of nitrogens with one attached hydrogen (secondary N) is 3. The van der Waals surface area contributed by atoms with E-state index in [1.807, 2.05) is 30.3 Å². The number of oxime groups is 1. The van der Waals surface area contributed by atoms with Crippen molar-refractivity contribution < 1.29 is 37.5 Å². The number of sulfone groups is 1. The Morgan fingerprint density at radius 3 is 2.53 bits per heavy atom. The molecule has 3 aliphatic heterocycles. The minimum atomic E-state index is -4.67. The quantitative estimate of drug-likeness (QED) is 0.238. The molecule has 0 aliphatic carbocycles. The van der Waals surface area contributed by atoms with Crippen molar-refractivity contribution in [2.75, 3.05) is 32.7 Å². The summed E-state index contributed by atoms with van der Waals surface area (Å²) in [4.78, 5) is 47.4. The van der Waals surface area contributed by atoms with Gasteiger partial charge in [-0.2, -0.15) is 0 Å². The van der Waals surface area contributed by atoms with E-state index in [0.29, 0.717) is 43.1 Å². The number of carboxylic acids is 1. The van der Waals surface area contributed by atoms with E-state index in [9.17, 15) is 27.9 Å². The summed E-state index contributed by atoms with van der Waals surface area (Å²) in [6, 6.07) is 12.1. The number of benzene rings is 2. The summed E-state index contributed by atoms with van der Waals surface area (Å²) in [6.45, 7) is 5.75. The van der Waals surface area contributed by atoms with Gasteiger partial charge in [-0.15, -0.1) is 0 Å². The number of guanidine groups is 1. The molecule has 2 amide bonds. The van der Waals surface area contributed by atoms with Crippen molar-refractivity contribution in [1.29, 1.82) is 0 Å². The van der Waals surface area contributed by atoms with Gasteiger partial charge >= 0.3 is 12.1 Å². The predicted octanol–water partition coefficient (Wildman–Crippen LogP) is 0.716. The summed E-state index contributed by atoms with van der Waals surface area (Å²) < 4.78 is 32.9. The van der Waals surface area contributed by atoms with Crippen LogP contribution in [0.2, 0.25) is 0 Å². The zero-order valence-corrected chi connectivity index (χ0v) is 27.2. The number of carboxylic acid groups (broad SMARTS) is 1. The monoisotopic (exact) mass is 669 g/mol. The Morgan fingerprint density at radius 2 is 1.89 bits per heavy atom. The average Bonchev–Trinajstić information content (AvgIpc) is 3.78. The zero-order valence-electron chi connectivity index (χ0n) is 26.4. The highest BCUT2D eigenvalue weighted by atomic mass is 32.2. The van der Waals surface area contributed by atoms with Crippen molar-refractivity contribution in [2.45, 2.75) is 61.6 Å². The first-order valence-corrected chi connectivity index (χ1v) is 16.6. The van der Waals surface area contributed by atoms with Crippen LogP contribution >= 0.6 is 0 Å². The van der Waals surface area contributed by atoms with E-state index < -0.39 is 50.9 Å². The van der Waals surface area contributed by atoms with Gasteiger partial charge < -0.3 is 36.4 Å². The molecular formula is C31H39N7O8S. The Bertz CT molecular complexity index is 1710. The number of aliphatic imine (C=N–C) groups is 1. The number of rotatable bonds is 10. The molecule has 3 aliphatic rings. The molecule has 15 nitrogen and oxygen atoms in total. The van der Waals surface area contributed by atoms with Crippen LogP contribution in [0.25, 0.3) is 0 Å². The topological polar surface area (TPSA) is 214 Å². The normalized spacial score (nSPS) is 21.7. The third kappa shape index (κ3) is 6.88. The standard InChI is InChI=1S/C31H39N7O8S/c1-19-11-20(2)25(21(3)12-19)47(43,44)31(32,27(40)41)17-36-26(39)24-14-30(46-37-24)13-23(15-35-28-33-9-10-34-28)38(18-30)29(42)45-16-22-7-5-4-6-8-22/h4-8,11-12,23H,9-10,13-18,32H2,1-3H3,(H,36,39)(H,40,41)(H2,33,34,35)/t23?,30?,31-/m0/s1. The average molecular weight is 670 g/mol. The van der Waals surface area contributed by atoms with Crippen LogP contribution in [0, 0.1) is 20.8 Å². The van der Waals surface area contributed by atoms with Gasteiger partial charge in [0.15, 0.2) is 11.6 Å². The number of aliphatic carboxylic acids is 1. The van der Waals surface area contributed by atoms with Crippen molar-refractivity contribution in [1.82, 2.24) is 20.9 Å². The second kappa shape index (κ2) is 13.2. The highest BCUT2D eigenvalue weighted by Gasteiger charge is 2.54. The van der Waals surface area contributed by atoms with Gasteiger partial charge in [0.1, 0.15) is 12.3 Å². The molecule has 3 atom stereocenters. The lowest BCUT2D eigenvalue weighted by Crippen LogP contribution is -2.62. The predicted molar refractivity (Wildman–Crippen MR) is 171 cm³/mol. The Labute approximate surface area is 272 Å². The Balaban J connectivity index is 1.27. The van der Waals surface area contributed by atoms with E-state index in [-0.39, 0.29) is 30.2 Å². The van der Waals surface area contributed by atoms with Crippen molar-refractivity contribution in [3.8, 4) is 0 Å². The van der Waals surface area contributed by atoms with Gasteiger partial charge in [-0.3, -0.25) is 14.7 Å². The molecule has 0 radical (unpaired) electrons. The first-order chi connectivity index (χ1) is 22.2. The van der Waals surface area contributed by atoms with Gasteiger partial charge in [-0.05, 0) is 37.5 Å². The number of aryl methyl sites for hydroxylation is 3. The van der Waals surface area contributed by atoms with E-state index in [4.69, 9.17) is 15.3 Å². The number of hydrogen-bond acceptors (Lipinski definition) is 12. The third-order valence-corrected chi connectivity index (χ3v) is 10.9. The first kappa shape index (κ1) is 33.7. The molecule has 2 aromatic rings. The molecule has 1 spiro atoms. The Morgan fingerprint density at radius 1 is 1.19 bits per heavy atom. The SMILES string of the molecule is Cc1cc(C)c(S(=O)(=O)[C@@](N)(CNC(=O)C2=NOC3(C2)CC(CNC2=NCCN2)N(C(=O)OCc2ccccc2)C3)C(=O)O)c(C)c1. The molecule has 2 unspecified atom stereocenters. The fourth-order valence-electron chi connectivity index (χ4n) is 6.18. The minimum absolute atomic E-state index is 0.0232. The Kier molecular flexibility index (Phi) is 9.45. The Hall–Kier alpha value is -4.70. The van der Waals surface area contributed by atoms with Crippen LogP contribution in [0.15, 0.2) is 57.5 Å². The molecule has 0 bridgehead atoms. The lowest BCUT2D eigenvalue weighted by molar-refractivity contribution is -0.139. The molecule has 3 heterocycles. The van der Waals surface area contributed by atoms with E-state index in [1.54, 1.807) is 32.9 Å². The van der Waals surface area contributed by atoms with E-state index in [2.05, 4.69) is 26.1 Å². The number of nitrogens with zero attached hydrogens (tertiary/aromatic N) is 3. The lowest BCUT2D eigenvalue weighted by Gasteiger charge is -2.27. The van der Waals surface area contributed by atoms with Crippen molar-refractivity contribution in [3.63, 3.8) is 0 Å². The molecular weight excluding hydrogens is 630 g/mol. The summed E-state index contributed by atoms with van der Waals surface area (Å²) in [5, 5.41) is 22.6. The molecule has 47 heavy (non-hydrogen) atoms. The van der Waals surface area contributed by atoms with Gasteiger partial charge in [-0.25, -0.2) is 18.0 Å². The maximum absolute atomic E-state index is 13.6. The number of hydrogen-bond donors (Lipinski definition) is 5. The van der Waals surface area contributed by atoms with Gasteiger partial charge in [0, 0.05) is 25.9 Å².